The van der Waals surface area contributed by atoms with E-state index in [2.05, 4.69) is 10.6 Å². The minimum Gasteiger partial charge on any atom is -0.350 e. The Morgan fingerprint density at radius 3 is 2.21 bits per heavy atom. The average molecular weight is 377 g/mol. The van der Waals surface area contributed by atoms with E-state index in [0.29, 0.717) is 16.8 Å². The molecule has 2 N–H and O–H groups in total. The Hall–Kier alpha value is -3.41. The molecule has 0 bridgehead atoms. The third-order valence-electron chi connectivity index (χ3n) is 4.41. The lowest BCUT2D eigenvalue weighted by atomic mass is 10.0. The van der Waals surface area contributed by atoms with Gasteiger partial charge in [-0.1, -0.05) is 24.3 Å². The van der Waals surface area contributed by atoms with Gasteiger partial charge in [-0.25, -0.2) is 0 Å². The zero-order chi connectivity index (χ0) is 20.4. The van der Waals surface area contributed by atoms with Crippen molar-refractivity contribution in [1.82, 2.24) is 4.90 Å². The smallest absolute Gasteiger partial charge is 0.278 e. The molecule has 0 saturated carbocycles. The third kappa shape index (κ3) is 3.81. The molecule has 1 aliphatic rings. The van der Waals surface area contributed by atoms with Gasteiger partial charge in [-0.15, -0.1) is 0 Å². The monoisotopic (exact) mass is 377 g/mol. The molecule has 0 aromatic heterocycles. The number of nitrogens with zero attached hydrogens (tertiary/aromatic N) is 1. The quantitative estimate of drug-likeness (QED) is 0.781. The molecule has 1 heterocycles. The van der Waals surface area contributed by atoms with Gasteiger partial charge in [-0.3, -0.25) is 19.3 Å². The zero-order valence-corrected chi connectivity index (χ0v) is 16.4. The van der Waals surface area contributed by atoms with Gasteiger partial charge in [-0.2, -0.15) is 0 Å². The molecule has 3 rings (SSSR count). The van der Waals surface area contributed by atoms with Gasteiger partial charge in [0, 0.05) is 24.3 Å². The molecule has 0 aliphatic carbocycles. The van der Waals surface area contributed by atoms with Crippen LogP contribution in [-0.4, -0.2) is 28.7 Å². The number of carbonyl (C=O) groups excluding carboxylic acids is 3. The maximum atomic E-state index is 13.0. The van der Waals surface area contributed by atoms with Gasteiger partial charge in [0.25, 0.3) is 11.8 Å². The van der Waals surface area contributed by atoms with Gasteiger partial charge in [0.1, 0.15) is 5.70 Å². The molecular weight excluding hydrogens is 354 g/mol. The number of rotatable bonds is 5. The Kier molecular flexibility index (Phi) is 5.31. The van der Waals surface area contributed by atoms with Crippen LogP contribution in [-0.2, 0) is 14.4 Å². The highest BCUT2D eigenvalue weighted by molar-refractivity contribution is 6.36. The molecule has 0 unspecified atom stereocenters. The second kappa shape index (κ2) is 7.68. The Labute approximate surface area is 164 Å². The van der Waals surface area contributed by atoms with Crippen molar-refractivity contribution >= 4 is 34.7 Å². The van der Waals surface area contributed by atoms with E-state index in [1.807, 2.05) is 45.0 Å². The summed E-state index contributed by atoms with van der Waals surface area (Å²) in [5.74, 6) is -0.850. The fraction of sp³-hybridized carbons (Fsp3) is 0.227. The topological polar surface area (TPSA) is 78.5 Å². The van der Waals surface area contributed by atoms with Gasteiger partial charge in [0.15, 0.2) is 0 Å². The lowest BCUT2D eigenvalue weighted by Crippen LogP contribution is -2.38. The molecule has 2 aromatic carbocycles. The predicted molar refractivity (Wildman–Crippen MR) is 109 cm³/mol. The Morgan fingerprint density at radius 2 is 1.64 bits per heavy atom. The molecular formula is C22H23N3O3. The van der Waals surface area contributed by atoms with Crippen molar-refractivity contribution in [2.24, 2.45) is 0 Å². The average Bonchev–Trinajstić information content (AvgIpc) is 2.85. The van der Waals surface area contributed by atoms with Crippen molar-refractivity contribution in [3.63, 3.8) is 0 Å². The first kappa shape index (κ1) is 19.4. The van der Waals surface area contributed by atoms with E-state index in [0.717, 1.165) is 11.3 Å². The number of imide groups is 1. The van der Waals surface area contributed by atoms with Crippen LogP contribution in [0.5, 0.6) is 0 Å². The molecule has 0 fully saturated rings. The van der Waals surface area contributed by atoms with Crippen molar-refractivity contribution in [1.29, 1.82) is 0 Å². The molecule has 0 saturated heterocycles. The summed E-state index contributed by atoms with van der Waals surface area (Å²) < 4.78 is 0. The fourth-order valence-electron chi connectivity index (χ4n) is 3.19. The van der Waals surface area contributed by atoms with Crippen molar-refractivity contribution in [2.75, 3.05) is 10.6 Å². The fourth-order valence-corrected chi connectivity index (χ4v) is 3.19. The molecule has 28 heavy (non-hydrogen) atoms. The van der Waals surface area contributed by atoms with Crippen LogP contribution in [0.1, 0.15) is 31.9 Å². The molecule has 6 heteroatoms. The van der Waals surface area contributed by atoms with Crippen molar-refractivity contribution in [3.05, 3.63) is 65.4 Å². The molecule has 0 atom stereocenters. The van der Waals surface area contributed by atoms with E-state index in [9.17, 15) is 14.4 Å². The van der Waals surface area contributed by atoms with Crippen LogP contribution in [0.3, 0.4) is 0 Å². The number of hydrogen-bond acceptors (Lipinski definition) is 4. The summed E-state index contributed by atoms with van der Waals surface area (Å²) >= 11 is 0. The van der Waals surface area contributed by atoms with Crippen LogP contribution in [0.15, 0.2) is 54.2 Å². The highest BCUT2D eigenvalue weighted by atomic mass is 16.2. The second-order valence-corrected chi connectivity index (χ2v) is 7.08. The van der Waals surface area contributed by atoms with Gasteiger partial charge in [0.05, 0.1) is 5.57 Å². The first-order valence-electron chi connectivity index (χ1n) is 9.12. The number of amides is 3. The van der Waals surface area contributed by atoms with Gasteiger partial charge in [-0.05, 0) is 56.2 Å². The Morgan fingerprint density at radius 1 is 0.964 bits per heavy atom. The van der Waals surface area contributed by atoms with Crippen LogP contribution in [0.4, 0.5) is 11.4 Å². The van der Waals surface area contributed by atoms with Crippen LogP contribution in [0.2, 0.25) is 0 Å². The number of hydrogen-bond donors (Lipinski definition) is 2. The van der Waals surface area contributed by atoms with Crippen molar-refractivity contribution < 1.29 is 14.4 Å². The summed E-state index contributed by atoms with van der Waals surface area (Å²) in [5, 5.41) is 5.83. The Bertz CT molecular complexity index is 975. The summed E-state index contributed by atoms with van der Waals surface area (Å²) in [6, 6.07) is 14.2. The summed E-state index contributed by atoms with van der Waals surface area (Å²) in [4.78, 5) is 38.5. The number of benzene rings is 2. The van der Waals surface area contributed by atoms with Gasteiger partial charge < -0.3 is 10.6 Å². The normalized spacial score (nSPS) is 14.1. The molecule has 1 aliphatic heterocycles. The number of anilines is 2. The summed E-state index contributed by atoms with van der Waals surface area (Å²) in [5.41, 5.74) is 3.62. The number of carbonyl (C=O) groups is 3. The lowest BCUT2D eigenvalue weighted by Gasteiger charge is -2.19. The minimum atomic E-state index is -0.345. The zero-order valence-electron chi connectivity index (χ0n) is 16.4. The SMILES string of the molecule is CC(=O)Nc1ccc(C2=C(Nc3cccc(C)c3)C(=O)N(C(C)C)C2=O)cc1. The first-order chi connectivity index (χ1) is 13.3. The van der Waals surface area contributed by atoms with E-state index in [1.54, 1.807) is 24.3 Å². The molecule has 0 radical (unpaired) electrons. The van der Waals surface area contributed by atoms with Gasteiger partial charge in [0.2, 0.25) is 5.91 Å². The van der Waals surface area contributed by atoms with Crippen molar-refractivity contribution in [3.8, 4) is 0 Å². The summed E-state index contributed by atoms with van der Waals surface area (Å²) in [7, 11) is 0. The first-order valence-corrected chi connectivity index (χ1v) is 9.12. The molecule has 6 nitrogen and oxygen atoms in total. The Balaban J connectivity index is 2.05. The lowest BCUT2D eigenvalue weighted by molar-refractivity contribution is -0.138. The van der Waals surface area contributed by atoms with E-state index in [-0.39, 0.29) is 29.5 Å². The van der Waals surface area contributed by atoms with Gasteiger partial charge >= 0.3 is 0 Å². The highest BCUT2D eigenvalue weighted by Crippen LogP contribution is 2.32. The molecule has 2 aromatic rings. The largest absolute Gasteiger partial charge is 0.350 e. The summed E-state index contributed by atoms with van der Waals surface area (Å²) in [6.07, 6.45) is 0. The maximum Gasteiger partial charge on any atom is 0.278 e. The molecule has 144 valence electrons. The molecule has 0 spiro atoms. The van der Waals surface area contributed by atoms with Crippen molar-refractivity contribution in [2.45, 2.75) is 33.7 Å². The second-order valence-electron chi connectivity index (χ2n) is 7.08. The minimum absolute atomic E-state index is 0.174. The van der Waals surface area contributed by atoms with Crippen LogP contribution in [0.25, 0.3) is 5.57 Å². The summed E-state index contributed by atoms with van der Waals surface area (Å²) in [6.45, 7) is 7.01. The maximum absolute atomic E-state index is 13.0. The van der Waals surface area contributed by atoms with E-state index < -0.39 is 0 Å². The van der Waals surface area contributed by atoms with E-state index >= 15 is 0 Å². The number of aryl methyl sites for hydroxylation is 1. The predicted octanol–water partition coefficient (Wildman–Crippen LogP) is 3.55. The highest BCUT2D eigenvalue weighted by Gasteiger charge is 2.40. The molecule has 3 amide bonds. The van der Waals surface area contributed by atoms with Crippen LogP contribution in [0, 0.1) is 6.92 Å². The van der Waals surface area contributed by atoms with Crippen LogP contribution < -0.4 is 10.6 Å². The van der Waals surface area contributed by atoms with E-state index in [4.69, 9.17) is 0 Å². The van der Waals surface area contributed by atoms with E-state index in [1.165, 1.54) is 11.8 Å². The third-order valence-corrected chi connectivity index (χ3v) is 4.41. The standard InChI is InChI=1S/C22H23N3O3/c1-13(2)25-21(27)19(16-8-10-17(11-9-16)23-15(4)26)20(22(25)28)24-18-7-5-6-14(3)12-18/h5-13,24H,1-4H3,(H,23,26). The number of nitrogens with one attached hydrogen (secondary N) is 2. The van der Waals surface area contributed by atoms with Crippen LogP contribution >= 0.6 is 0 Å².